The third-order valence-corrected chi connectivity index (χ3v) is 9.73. The zero-order valence-corrected chi connectivity index (χ0v) is 27.0. The molecule has 4 aromatic heterocycles. The van der Waals surface area contributed by atoms with E-state index < -0.39 is 0 Å². The Bertz CT molecular complexity index is 3040. The van der Waals surface area contributed by atoms with Crippen LogP contribution >= 0.6 is 0 Å². The molecule has 0 spiro atoms. The molecule has 7 aromatic carbocycles. The first-order valence-corrected chi connectivity index (χ1v) is 16.8. The molecule has 11 rings (SSSR count). The predicted octanol–water partition coefficient (Wildman–Crippen LogP) is 11.2. The van der Waals surface area contributed by atoms with Crippen molar-refractivity contribution in [3.05, 3.63) is 152 Å². The maximum atomic E-state index is 6.45. The van der Waals surface area contributed by atoms with Crippen LogP contribution in [0.4, 0.5) is 0 Å². The number of aromatic nitrogens is 5. The Balaban J connectivity index is 1.16. The van der Waals surface area contributed by atoms with Crippen molar-refractivity contribution >= 4 is 65.6 Å². The van der Waals surface area contributed by atoms with Gasteiger partial charge in [-0.2, -0.15) is 5.10 Å². The van der Waals surface area contributed by atoms with Crippen LogP contribution in [0.25, 0.3) is 105 Å². The fourth-order valence-corrected chi connectivity index (χ4v) is 7.36. The van der Waals surface area contributed by atoms with Crippen molar-refractivity contribution in [3.8, 4) is 39.9 Å². The summed E-state index contributed by atoms with van der Waals surface area (Å²) in [5, 5.41) is 12.3. The van der Waals surface area contributed by atoms with Gasteiger partial charge < -0.3 is 8.83 Å². The molecule has 0 N–H and O–H groups in total. The van der Waals surface area contributed by atoms with Crippen molar-refractivity contribution in [2.24, 2.45) is 0 Å². The van der Waals surface area contributed by atoms with E-state index in [2.05, 4.69) is 72.8 Å². The van der Waals surface area contributed by atoms with Crippen LogP contribution in [0.3, 0.4) is 0 Å². The molecule has 4 heterocycles. The van der Waals surface area contributed by atoms with Crippen LogP contribution in [0.15, 0.2) is 161 Å². The molecular weight excluding hydrogens is 631 g/mol. The van der Waals surface area contributed by atoms with Gasteiger partial charge in [-0.3, -0.25) is 0 Å². The van der Waals surface area contributed by atoms with Gasteiger partial charge in [-0.05, 0) is 41.8 Å². The van der Waals surface area contributed by atoms with Gasteiger partial charge in [0, 0.05) is 37.9 Å². The van der Waals surface area contributed by atoms with Crippen molar-refractivity contribution in [1.82, 2.24) is 24.7 Å². The molecule has 0 aliphatic carbocycles. The van der Waals surface area contributed by atoms with Crippen molar-refractivity contribution in [1.29, 1.82) is 0 Å². The zero-order chi connectivity index (χ0) is 33.5. The Morgan fingerprint density at radius 3 is 1.67 bits per heavy atom. The summed E-state index contributed by atoms with van der Waals surface area (Å²) < 4.78 is 14.9. The monoisotopic (exact) mass is 655 g/mol. The maximum absolute atomic E-state index is 6.45. The fraction of sp³-hybridized carbons (Fsp3) is 0. The van der Waals surface area contributed by atoms with Crippen molar-refractivity contribution in [2.45, 2.75) is 0 Å². The van der Waals surface area contributed by atoms with E-state index in [1.165, 1.54) is 0 Å². The minimum atomic E-state index is 0.508. The lowest BCUT2D eigenvalue weighted by atomic mass is 10.1. The molecule has 0 unspecified atom stereocenters. The third-order valence-electron chi connectivity index (χ3n) is 9.73. The summed E-state index contributed by atoms with van der Waals surface area (Å²) in [7, 11) is 0. The van der Waals surface area contributed by atoms with Gasteiger partial charge >= 0.3 is 0 Å². The molecule has 7 nitrogen and oxygen atoms in total. The number of furan rings is 2. The molecule has 0 saturated heterocycles. The first-order valence-electron chi connectivity index (χ1n) is 16.8. The van der Waals surface area contributed by atoms with Crippen LogP contribution in [-0.2, 0) is 0 Å². The van der Waals surface area contributed by atoms with Gasteiger partial charge in [0.25, 0.3) is 0 Å². The number of hydrogen-bond donors (Lipinski definition) is 0. The smallest absolute Gasteiger partial charge is 0.167 e. The Hall–Kier alpha value is -7.12. The van der Waals surface area contributed by atoms with E-state index in [0.29, 0.717) is 17.5 Å². The minimum absolute atomic E-state index is 0.508. The summed E-state index contributed by atoms with van der Waals surface area (Å²) in [6.07, 6.45) is 1.91. The Labute approximate surface area is 290 Å². The van der Waals surface area contributed by atoms with E-state index in [4.69, 9.17) is 28.9 Å². The van der Waals surface area contributed by atoms with E-state index in [-0.39, 0.29) is 0 Å². The first kappa shape index (κ1) is 27.8. The van der Waals surface area contributed by atoms with Gasteiger partial charge in [0.05, 0.1) is 28.5 Å². The highest BCUT2D eigenvalue weighted by Crippen LogP contribution is 2.38. The standard InChI is InChI=1S/C44H25N5O2/c1-2-13-30-26(10-1)22-23-28-25-45-49(39(28)30)29-12-7-11-27(24-29)42-46-43(35-18-8-16-33-31-14-3-5-20-37(31)50-40(33)35)48-44(47-42)36-19-9-17-34-32-15-4-6-21-38(32)51-41(34)36/h1-25H. The number of nitrogens with zero attached hydrogens (tertiary/aromatic N) is 5. The lowest BCUT2D eigenvalue weighted by Gasteiger charge is -2.11. The van der Waals surface area contributed by atoms with E-state index in [1.807, 2.05) is 83.7 Å². The van der Waals surface area contributed by atoms with Gasteiger partial charge in [0.15, 0.2) is 17.5 Å². The lowest BCUT2D eigenvalue weighted by molar-refractivity contribution is 0.669. The summed E-state index contributed by atoms with van der Waals surface area (Å²) in [6.45, 7) is 0. The number of fused-ring (bicyclic) bond motifs is 9. The lowest BCUT2D eigenvalue weighted by Crippen LogP contribution is -2.02. The second kappa shape index (κ2) is 10.7. The topological polar surface area (TPSA) is 82.8 Å². The van der Waals surface area contributed by atoms with Crippen LogP contribution in [-0.4, -0.2) is 24.7 Å². The van der Waals surface area contributed by atoms with E-state index in [0.717, 1.165) is 87.9 Å². The first-order chi connectivity index (χ1) is 25.3. The summed E-state index contributed by atoms with van der Waals surface area (Å²) in [6, 6.07) is 49.2. The quantitative estimate of drug-likeness (QED) is 0.188. The van der Waals surface area contributed by atoms with Crippen LogP contribution in [0.5, 0.6) is 0 Å². The second-order valence-corrected chi connectivity index (χ2v) is 12.7. The molecule has 0 bridgehead atoms. The summed E-state index contributed by atoms with van der Waals surface area (Å²) in [5.41, 5.74) is 7.43. The predicted molar refractivity (Wildman–Crippen MR) is 203 cm³/mol. The Morgan fingerprint density at radius 2 is 0.980 bits per heavy atom. The molecule has 7 heteroatoms. The molecule has 0 saturated carbocycles. The highest BCUT2D eigenvalue weighted by Gasteiger charge is 2.21. The molecule has 0 atom stereocenters. The van der Waals surface area contributed by atoms with Gasteiger partial charge in [-0.1, -0.05) is 109 Å². The molecule has 0 amide bonds. The summed E-state index contributed by atoms with van der Waals surface area (Å²) >= 11 is 0. The van der Waals surface area contributed by atoms with Gasteiger partial charge in [-0.15, -0.1) is 0 Å². The summed E-state index contributed by atoms with van der Waals surface area (Å²) in [4.78, 5) is 15.4. The normalized spacial score (nSPS) is 11.9. The average Bonchev–Trinajstić information content (AvgIpc) is 3.91. The van der Waals surface area contributed by atoms with Crippen LogP contribution in [0.1, 0.15) is 0 Å². The van der Waals surface area contributed by atoms with Gasteiger partial charge in [0.2, 0.25) is 0 Å². The molecule has 238 valence electrons. The third kappa shape index (κ3) is 4.25. The Kier molecular flexibility index (Phi) is 5.83. The van der Waals surface area contributed by atoms with E-state index >= 15 is 0 Å². The molecule has 51 heavy (non-hydrogen) atoms. The van der Waals surface area contributed by atoms with Crippen molar-refractivity contribution in [3.63, 3.8) is 0 Å². The second-order valence-electron chi connectivity index (χ2n) is 12.7. The molecule has 0 fully saturated rings. The van der Waals surface area contributed by atoms with Crippen LogP contribution in [0, 0.1) is 0 Å². The number of benzene rings is 7. The van der Waals surface area contributed by atoms with Crippen molar-refractivity contribution in [2.75, 3.05) is 0 Å². The van der Waals surface area contributed by atoms with Crippen LogP contribution < -0.4 is 0 Å². The van der Waals surface area contributed by atoms with Crippen molar-refractivity contribution < 1.29 is 8.83 Å². The highest BCUT2D eigenvalue weighted by atomic mass is 16.3. The molecular formula is C44H25N5O2. The highest BCUT2D eigenvalue weighted by molar-refractivity contribution is 6.10. The van der Waals surface area contributed by atoms with E-state index in [9.17, 15) is 0 Å². The molecule has 11 aromatic rings. The minimum Gasteiger partial charge on any atom is -0.455 e. The molecule has 0 aliphatic rings. The molecule has 0 aliphatic heterocycles. The van der Waals surface area contributed by atoms with E-state index in [1.54, 1.807) is 0 Å². The SMILES string of the molecule is c1cc(-c2nc(-c3cccc4c3oc3ccccc34)nc(-c3cccc4c3oc3ccccc34)n2)cc(-n2ncc3ccc4ccccc4c32)c1. The molecule has 0 radical (unpaired) electrons. The van der Waals surface area contributed by atoms with Gasteiger partial charge in [0.1, 0.15) is 22.3 Å². The largest absolute Gasteiger partial charge is 0.455 e. The maximum Gasteiger partial charge on any atom is 0.167 e. The number of rotatable bonds is 4. The number of hydrogen-bond acceptors (Lipinski definition) is 6. The average molecular weight is 656 g/mol. The summed E-state index contributed by atoms with van der Waals surface area (Å²) in [5.74, 6) is 1.54. The Morgan fingerprint density at radius 1 is 0.431 bits per heavy atom. The number of para-hydroxylation sites is 4. The van der Waals surface area contributed by atoms with Gasteiger partial charge in [-0.25, -0.2) is 19.6 Å². The zero-order valence-electron chi connectivity index (χ0n) is 27.0. The fourth-order valence-electron chi connectivity index (χ4n) is 7.36. The van der Waals surface area contributed by atoms with Crippen LogP contribution in [0.2, 0.25) is 0 Å².